The number of halogens is 1. The molecule has 1 saturated carbocycles. The Bertz CT molecular complexity index is 184. The van der Waals surface area contributed by atoms with E-state index in [1.807, 2.05) is 0 Å². The minimum atomic E-state index is -0.127. The van der Waals surface area contributed by atoms with Crippen molar-refractivity contribution in [3.8, 4) is 0 Å². The fourth-order valence-electron chi connectivity index (χ4n) is 2.09. The Labute approximate surface area is 94.5 Å². The van der Waals surface area contributed by atoms with Crippen LogP contribution in [0.3, 0.4) is 0 Å². The SMILES string of the molecule is CC(C)C1CCC(OC(=O)CBr)CC1. The van der Waals surface area contributed by atoms with Gasteiger partial charge in [-0.1, -0.05) is 29.8 Å². The van der Waals surface area contributed by atoms with Crippen LogP contribution in [0.5, 0.6) is 0 Å². The smallest absolute Gasteiger partial charge is 0.316 e. The molecule has 0 N–H and O–H groups in total. The average Bonchev–Trinajstić information content (AvgIpc) is 2.18. The quantitative estimate of drug-likeness (QED) is 0.577. The van der Waals surface area contributed by atoms with Gasteiger partial charge in [0.1, 0.15) is 11.4 Å². The Morgan fingerprint density at radius 2 is 1.93 bits per heavy atom. The van der Waals surface area contributed by atoms with E-state index in [-0.39, 0.29) is 12.1 Å². The molecule has 2 nitrogen and oxygen atoms in total. The van der Waals surface area contributed by atoms with Crippen molar-refractivity contribution in [2.24, 2.45) is 11.8 Å². The molecule has 3 heteroatoms. The number of rotatable bonds is 3. The summed E-state index contributed by atoms with van der Waals surface area (Å²) in [5.74, 6) is 1.47. The molecule has 1 aliphatic rings. The monoisotopic (exact) mass is 262 g/mol. The predicted molar refractivity (Wildman–Crippen MR) is 60.5 cm³/mol. The molecule has 0 bridgehead atoms. The summed E-state index contributed by atoms with van der Waals surface area (Å²) in [6, 6.07) is 0. The fourth-order valence-corrected chi connectivity index (χ4v) is 2.22. The standard InChI is InChI=1S/C11H19BrO2/c1-8(2)9-3-5-10(6-4-9)14-11(13)7-12/h8-10H,3-7H2,1-2H3. The summed E-state index contributed by atoms with van der Waals surface area (Å²) in [7, 11) is 0. The van der Waals surface area contributed by atoms with Crippen molar-refractivity contribution < 1.29 is 9.53 Å². The molecule has 1 aliphatic carbocycles. The highest BCUT2D eigenvalue weighted by atomic mass is 79.9. The maximum atomic E-state index is 11.0. The van der Waals surface area contributed by atoms with Gasteiger partial charge in [-0.2, -0.15) is 0 Å². The van der Waals surface area contributed by atoms with E-state index >= 15 is 0 Å². The van der Waals surface area contributed by atoms with E-state index in [1.54, 1.807) is 0 Å². The van der Waals surface area contributed by atoms with Crippen LogP contribution >= 0.6 is 15.9 Å². The lowest BCUT2D eigenvalue weighted by Crippen LogP contribution is -2.26. The van der Waals surface area contributed by atoms with Gasteiger partial charge in [0, 0.05) is 0 Å². The van der Waals surface area contributed by atoms with E-state index < -0.39 is 0 Å². The van der Waals surface area contributed by atoms with Crippen LogP contribution in [0.15, 0.2) is 0 Å². The Morgan fingerprint density at radius 1 is 1.36 bits per heavy atom. The van der Waals surface area contributed by atoms with Gasteiger partial charge < -0.3 is 4.74 Å². The van der Waals surface area contributed by atoms with Gasteiger partial charge in [-0.25, -0.2) is 0 Å². The first-order chi connectivity index (χ1) is 6.63. The molecular formula is C11H19BrO2. The highest BCUT2D eigenvalue weighted by Gasteiger charge is 2.25. The van der Waals surface area contributed by atoms with Crippen molar-refractivity contribution in [1.29, 1.82) is 0 Å². The lowest BCUT2D eigenvalue weighted by molar-refractivity contribution is -0.147. The topological polar surface area (TPSA) is 26.3 Å². The average molecular weight is 263 g/mol. The third-order valence-corrected chi connectivity index (χ3v) is 3.53. The fraction of sp³-hybridized carbons (Fsp3) is 0.909. The van der Waals surface area contributed by atoms with Crippen LogP contribution in [0.1, 0.15) is 39.5 Å². The molecule has 1 fully saturated rings. The number of carbonyl (C=O) groups excluding carboxylic acids is 1. The zero-order valence-corrected chi connectivity index (χ0v) is 10.5. The summed E-state index contributed by atoms with van der Waals surface area (Å²) in [4.78, 5) is 11.0. The summed E-state index contributed by atoms with van der Waals surface area (Å²) >= 11 is 3.10. The molecule has 0 aromatic rings. The highest BCUT2D eigenvalue weighted by Crippen LogP contribution is 2.31. The zero-order valence-electron chi connectivity index (χ0n) is 8.96. The lowest BCUT2D eigenvalue weighted by atomic mass is 9.80. The van der Waals surface area contributed by atoms with Crippen LogP contribution in [0.25, 0.3) is 0 Å². The number of esters is 1. The Morgan fingerprint density at radius 3 is 2.36 bits per heavy atom. The van der Waals surface area contributed by atoms with Gasteiger partial charge in [0.25, 0.3) is 0 Å². The van der Waals surface area contributed by atoms with E-state index in [2.05, 4.69) is 29.8 Å². The zero-order chi connectivity index (χ0) is 10.6. The molecule has 0 heterocycles. The Kier molecular flexibility index (Phi) is 4.93. The maximum Gasteiger partial charge on any atom is 0.316 e. The van der Waals surface area contributed by atoms with E-state index in [4.69, 9.17) is 4.74 Å². The molecule has 0 unspecified atom stereocenters. The summed E-state index contributed by atoms with van der Waals surface area (Å²) < 4.78 is 5.28. The second-order valence-corrected chi connectivity index (χ2v) is 4.97. The first-order valence-electron chi connectivity index (χ1n) is 5.39. The van der Waals surface area contributed by atoms with Gasteiger partial charge in [-0.15, -0.1) is 0 Å². The van der Waals surface area contributed by atoms with E-state index in [9.17, 15) is 4.79 Å². The van der Waals surface area contributed by atoms with Crippen LogP contribution in [0.4, 0.5) is 0 Å². The normalized spacial score (nSPS) is 27.7. The molecule has 0 radical (unpaired) electrons. The first-order valence-corrected chi connectivity index (χ1v) is 6.51. The van der Waals surface area contributed by atoms with Crippen molar-refractivity contribution in [3.63, 3.8) is 0 Å². The van der Waals surface area contributed by atoms with Gasteiger partial charge in [0.2, 0.25) is 0 Å². The number of ether oxygens (including phenoxy) is 1. The number of alkyl halides is 1. The molecule has 0 atom stereocenters. The molecule has 1 rings (SSSR count). The maximum absolute atomic E-state index is 11.0. The second kappa shape index (κ2) is 5.74. The van der Waals surface area contributed by atoms with Crippen LogP contribution < -0.4 is 0 Å². The van der Waals surface area contributed by atoms with Gasteiger partial charge >= 0.3 is 5.97 Å². The van der Waals surface area contributed by atoms with Crippen LogP contribution in [0, 0.1) is 11.8 Å². The summed E-state index contributed by atoms with van der Waals surface area (Å²) in [5, 5.41) is 0.317. The number of hydrogen-bond donors (Lipinski definition) is 0. The summed E-state index contributed by atoms with van der Waals surface area (Å²) in [6.07, 6.45) is 4.67. The number of hydrogen-bond acceptors (Lipinski definition) is 2. The third kappa shape index (κ3) is 3.60. The highest BCUT2D eigenvalue weighted by molar-refractivity contribution is 9.09. The van der Waals surface area contributed by atoms with Crippen molar-refractivity contribution in [2.75, 3.05) is 5.33 Å². The molecule has 0 aromatic carbocycles. The summed E-state index contributed by atoms with van der Waals surface area (Å²) in [6.45, 7) is 4.55. The molecule has 0 aromatic heterocycles. The van der Waals surface area contributed by atoms with Crippen LogP contribution in [0.2, 0.25) is 0 Å². The van der Waals surface area contributed by atoms with Gasteiger partial charge in [-0.05, 0) is 37.5 Å². The molecule has 0 aliphatic heterocycles. The minimum Gasteiger partial charge on any atom is -0.462 e. The molecule has 0 saturated heterocycles. The van der Waals surface area contributed by atoms with Crippen molar-refractivity contribution >= 4 is 21.9 Å². The predicted octanol–water partition coefficient (Wildman–Crippen LogP) is 3.14. The van der Waals surface area contributed by atoms with Gasteiger partial charge in [0.15, 0.2) is 0 Å². The van der Waals surface area contributed by atoms with Crippen molar-refractivity contribution in [1.82, 2.24) is 0 Å². The van der Waals surface area contributed by atoms with Crippen molar-refractivity contribution in [3.05, 3.63) is 0 Å². The van der Waals surface area contributed by atoms with Crippen LogP contribution in [-0.4, -0.2) is 17.4 Å². The lowest BCUT2D eigenvalue weighted by Gasteiger charge is -2.30. The number of carbonyl (C=O) groups is 1. The Hall–Kier alpha value is -0.0500. The van der Waals surface area contributed by atoms with E-state index in [1.165, 1.54) is 12.8 Å². The molecule has 0 amide bonds. The van der Waals surface area contributed by atoms with Crippen molar-refractivity contribution in [2.45, 2.75) is 45.6 Å². The molecule has 14 heavy (non-hydrogen) atoms. The first kappa shape index (κ1) is 12.0. The largest absolute Gasteiger partial charge is 0.462 e. The van der Waals surface area contributed by atoms with Gasteiger partial charge in [0.05, 0.1) is 0 Å². The molecule has 82 valence electrons. The van der Waals surface area contributed by atoms with Crippen LogP contribution in [-0.2, 0) is 9.53 Å². The molecular weight excluding hydrogens is 244 g/mol. The van der Waals surface area contributed by atoms with E-state index in [0.717, 1.165) is 24.7 Å². The third-order valence-electron chi connectivity index (χ3n) is 3.07. The minimum absolute atomic E-state index is 0.127. The van der Waals surface area contributed by atoms with Gasteiger partial charge in [-0.3, -0.25) is 4.79 Å². The summed E-state index contributed by atoms with van der Waals surface area (Å²) in [5.41, 5.74) is 0. The van der Waals surface area contributed by atoms with E-state index in [0.29, 0.717) is 5.33 Å². The second-order valence-electron chi connectivity index (χ2n) is 4.40. The molecule has 0 spiro atoms. The Balaban J connectivity index is 2.25.